The van der Waals surface area contributed by atoms with Gasteiger partial charge in [0.1, 0.15) is 0 Å². The van der Waals surface area contributed by atoms with Gasteiger partial charge < -0.3 is 10.5 Å². The molecule has 1 aliphatic rings. The molecule has 1 saturated heterocycles. The normalized spacial score (nSPS) is 28.2. The van der Waals surface area contributed by atoms with E-state index in [0.29, 0.717) is 6.04 Å². The van der Waals surface area contributed by atoms with E-state index in [1.54, 1.807) is 7.11 Å². The van der Waals surface area contributed by atoms with Crippen LogP contribution in [0.3, 0.4) is 0 Å². The Morgan fingerprint density at radius 1 is 1.47 bits per heavy atom. The Balaban J connectivity index is 2.30. The molecule has 1 rings (SSSR count). The number of likely N-dealkylation sites (tertiary alicyclic amines) is 1. The molecule has 0 saturated carbocycles. The van der Waals surface area contributed by atoms with Crippen LogP contribution in [-0.4, -0.2) is 44.3 Å². The van der Waals surface area contributed by atoms with Crippen molar-refractivity contribution in [3.8, 4) is 0 Å². The van der Waals surface area contributed by atoms with Crippen molar-refractivity contribution in [1.82, 2.24) is 4.90 Å². The van der Waals surface area contributed by atoms with E-state index in [1.807, 2.05) is 0 Å². The predicted octanol–water partition coefficient (Wildman–Crippen LogP) is 1.47. The third kappa shape index (κ3) is 4.09. The van der Waals surface area contributed by atoms with E-state index in [9.17, 15) is 0 Å². The van der Waals surface area contributed by atoms with Crippen LogP contribution in [-0.2, 0) is 4.74 Å². The first kappa shape index (κ1) is 12.9. The van der Waals surface area contributed by atoms with Gasteiger partial charge in [-0.15, -0.1) is 0 Å². The van der Waals surface area contributed by atoms with E-state index in [0.717, 1.165) is 32.0 Å². The lowest BCUT2D eigenvalue weighted by atomic mass is 9.89. The minimum absolute atomic E-state index is 0.612. The summed E-state index contributed by atoms with van der Waals surface area (Å²) in [7, 11) is 1.77. The molecule has 2 unspecified atom stereocenters. The Labute approximate surface area is 94.0 Å². The Morgan fingerprint density at radius 3 is 2.87 bits per heavy atom. The van der Waals surface area contributed by atoms with Crippen LogP contribution in [0.2, 0.25) is 0 Å². The number of hydrogen-bond donors (Lipinski definition) is 1. The van der Waals surface area contributed by atoms with Crippen LogP contribution in [0.25, 0.3) is 0 Å². The zero-order valence-corrected chi connectivity index (χ0v) is 10.2. The molecule has 0 spiro atoms. The second-order valence-corrected chi connectivity index (χ2v) is 4.57. The lowest BCUT2D eigenvalue weighted by Crippen LogP contribution is -2.47. The molecule has 3 nitrogen and oxygen atoms in total. The number of piperidine rings is 1. The van der Waals surface area contributed by atoms with Crippen molar-refractivity contribution in [3.05, 3.63) is 0 Å². The fourth-order valence-electron chi connectivity index (χ4n) is 2.51. The fraction of sp³-hybridized carbons (Fsp3) is 1.00. The van der Waals surface area contributed by atoms with Crippen molar-refractivity contribution in [2.75, 3.05) is 33.4 Å². The van der Waals surface area contributed by atoms with Gasteiger partial charge in [0.05, 0.1) is 0 Å². The van der Waals surface area contributed by atoms with Crippen LogP contribution >= 0.6 is 0 Å². The van der Waals surface area contributed by atoms with E-state index in [4.69, 9.17) is 10.5 Å². The van der Waals surface area contributed by atoms with Crippen LogP contribution < -0.4 is 5.73 Å². The summed E-state index contributed by atoms with van der Waals surface area (Å²) in [6, 6.07) is 0.612. The molecule has 2 N–H and O–H groups in total. The highest BCUT2D eigenvalue weighted by atomic mass is 16.5. The number of methoxy groups -OCH3 is 1. The van der Waals surface area contributed by atoms with E-state index in [2.05, 4.69) is 11.8 Å². The van der Waals surface area contributed by atoms with Gasteiger partial charge in [-0.25, -0.2) is 0 Å². The number of hydrogen-bond acceptors (Lipinski definition) is 3. The van der Waals surface area contributed by atoms with Gasteiger partial charge in [0.15, 0.2) is 0 Å². The van der Waals surface area contributed by atoms with Crippen molar-refractivity contribution in [1.29, 1.82) is 0 Å². The highest BCUT2D eigenvalue weighted by molar-refractivity contribution is 4.81. The topological polar surface area (TPSA) is 38.5 Å². The first-order chi connectivity index (χ1) is 7.31. The van der Waals surface area contributed by atoms with E-state index >= 15 is 0 Å². The van der Waals surface area contributed by atoms with Crippen LogP contribution in [0, 0.1) is 5.92 Å². The predicted molar refractivity (Wildman–Crippen MR) is 63.9 cm³/mol. The number of nitrogens with zero attached hydrogens (tertiary/aromatic N) is 1. The van der Waals surface area contributed by atoms with Gasteiger partial charge in [-0.1, -0.05) is 13.3 Å². The molecule has 0 bridgehead atoms. The third-order valence-electron chi connectivity index (χ3n) is 3.59. The van der Waals surface area contributed by atoms with E-state index < -0.39 is 0 Å². The zero-order valence-electron chi connectivity index (χ0n) is 10.2. The number of ether oxygens (including phenoxy) is 1. The molecule has 0 aromatic rings. The van der Waals surface area contributed by atoms with E-state index in [-0.39, 0.29) is 0 Å². The first-order valence-electron chi connectivity index (χ1n) is 6.24. The molecule has 2 atom stereocenters. The second-order valence-electron chi connectivity index (χ2n) is 4.57. The SMILES string of the molecule is CCC1CCN(CCCOC)C(CN)C1. The summed E-state index contributed by atoms with van der Waals surface area (Å²) in [6.45, 7) is 6.34. The fourth-order valence-corrected chi connectivity index (χ4v) is 2.51. The molecule has 0 amide bonds. The molecule has 1 aliphatic heterocycles. The van der Waals surface area contributed by atoms with Crippen LogP contribution in [0.5, 0.6) is 0 Å². The van der Waals surface area contributed by atoms with E-state index in [1.165, 1.54) is 25.8 Å². The van der Waals surface area contributed by atoms with Crippen molar-refractivity contribution in [3.63, 3.8) is 0 Å². The zero-order chi connectivity index (χ0) is 11.1. The highest BCUT2D eigenvalue weighted by Crippen LogP contribution is 2.24. The van der Waals surface area contributed by atoms with Crippen molar-refractivity contribution < 1.29 is 4.74 Å². The lowest BCUT2D eigenvalue weighted by Gasteiger charge is -2.38. The molecule has 0 aromatic heterocycles. The molecule has 1 fully saturated rings. The summed E-state index contributed by atoms with van der Waals surface area (Å²) in [5, 5.41) is 0. The maximum absolute atomic E-state index is 5.84. The van der Waals surface area contributed by atoms with Crippen LogP contribution in [0.1, 0.15) is 32.6 Å². The van der Waals surface area contributed by atoms with Crippen molar-refractivity contribution in [2.24, 2.45) is 11.7 Å². The Bertz CT molecular complexity index is 162. The summed E-state index contributed by atoms with van der Waals surface area (Å²) < 4.78 is 5.09. The largest absolute Gasteiger partial charge is 0.385 e. The Hall–Kier alpha value is -0.120. The van der Waals surface area contributed by atoms with Crippen LogP contribution in [0.4, 0.5) is 0 Å². The van der Waals surface area contributed by atoms with Gasteiger partial charge in [-0.3, -0.25) is 4.90 Å². The molecule has 0 aliphatic carbocycles. The van der Waals surface area contributed by atoms with Gasteiger partial charge >= 0.3 is 0 Å². The maximum Gasteiger partial charge on any atom is 0.0474 e. The van der Waals surface area contributed by atoms with Gasteiger partial charge in [-0.2, -0.15) is 0 Å². The second kappa shape index (κ2) is 7.20. The molecule has 3 heteroatoms. The number of nitrogens with two attached hydrogens (primary N) is 1. The quantitative estimate of drug-likeness (QED) is 0.681. The molecular formula is C12H26N2O. The maximum atomic E-state index is 5.84. The molecule has 15 heavy (non-hydrogen) atoms. The summed E-state index contributed by atoms with van der Waals surface area (Å²) in [6.07, 6.45) is 5.08. The molecule has 0 aromatic carbocycles. The highest BCUT2D eigenvalue weighted by Gasteiger charge is 2.25. The van der Waals surface area contributed by atoms with Gasteiger partial charge in [0.25, 0.3) is 0 Å². The van der Waals surface area contributed by atoms with Gasteiger partial charge in [-0.05, 0) is 31.7 Å². The third-order valence-corrected chi connectivity index (χ3v) is 3.59. The van der Waals surface area contributed by atoms with Crippen molar-refractivity contribution >= 4 is 0 Å². The molecule has 0 radical (unpaired) electrons. The summed E-state index contributed by atoms with van der Waals surface area (Å²) >= 11 is 0. The average molecular weight is 214 g/mol. The average Bonchev–Trinajstić information content (AvgIpc) is 2.29. The smallest absolute Gasteiger partial charge is 0.0474 e. The van der Waals surface area contributed by atoms with Gasteiger partial charge in [0.2, 0.25) is 0 Å². The minimum atomic E-state index is 0.612. The van der Waals surface area contributed by atoms with Crippen LogP contribution in [0.15, 0.2) is 0 Å². The minimum Gasteiger partial charge on any atom is -0.385 e. The molecule has 1 heterocycles. The monoisotopic (exact) mass is 214 g/mol. The Morgan fingerprint density at radius 2 is 2.27 bits per heavy atom. The molecule has 90 valence electrons. The Kier molecular flexibility index (Phi) is 6.22. The molecular weight excluding hydrogens is 188 g/mol. The summed E-state index contributed by atoms with van der Waals surface area (Å²) in [4.78, 5) is 2.55. The summed E-state index contributed by atoms with van der Waals surface area (Å²) in [5.41, 5.74) is 5.84. The van der Waals surface area contributed by atoms with Gasteiger partial charge in [0, 0.05) is 32.8 Å². The number of rotatable bonds is 6. The lowest BCUT2D eigenvalue weighted by molar-refractivity contribution is 0.0988. The van der Waals surface area contributed by atoms with Crippen molar-refractivity contribution in [2.45, 2.75) is 38.6 Å². The summed E-state index contributed by atoms with van der Waals surface area (Å²) in [5.74, 6) is 0.900. The first-order valence-corrected chi connectivity index (χ1v) is 6.24. The standard InChI is InChI=1S/C12H26N2O/c1-3-11-5-7-14(6-4-8-15-2)12(9-11)10-13/h11-12H,3-10,13H2,1-2H3.